The zero-order chi connectivity index (χ0) is 20.2. The molecular formula is C24H28ClN3O. The number of aryl methyl sites for hydroxylation is 1. The van der Waals surface area contributed by atoms with Gasteiger partial charge in [0.25, 0.3) is 0 Å². The van der Waals surface area contributed by atoms with Crippen molar-refractivity contribution in [2.24, 2.45) is 5.10 Å². The van der Waals surface area contributed by atoms with Crippen LogP contribution in [0.1, 0.15) is 55.8 Å². The number of benzene rings is 2. The molecule has 3 aliphatic rings. The summed E-state index contributed by atoms with van der Waals surface area (Å²) in [4.78, 5) is 2.54. The lowest BCUT2D eigenvalue weighted by molar-refractivity contribution is -0.152. The number of hydrogen-bond acceptors (Lipinski definition) is 4. The first-order chi connectivity index (χ1) is 14.0. The molecule has 0 aromatic heterocycles. The summed E-state index contributed by atoms with van der Waals surface area (Å²) in [6, 6.07) is 15.3. The summed E-state index contributed by atoms with van der Waals surface area (Å²) < 4.78 is 6.81. The number of piperidine rings is 1. The topological polar surface area (TPSA) is 28.1 Å². The molecule has 0 radical (unpaired) electrons. The minimum Gasteiger partial charge on any atom is -0.466 e. The number of hydrazone groups is 1. The number of fused-ring (bicyclic) bond motifs is 4. The smallest absolute Gasteiger partial charge is 0.200 e. The Hall–Kier alpha value is -2.04. The number of ether oxygens (including phenoxy) is 1. The standard InChI is InChI=1S/C24H28ClN3O/c1-16(2)27-13-11-24(12-14-27)28-22(20-6-4-5-17(3)23(20)29-24)15-21(26-28)18-7-9-19(25)10-8-18/h4-10,16,22H,11-15H2,1-3H3. The van der Waals surface area contributed by atoms with Crippen molar-refractivity contribution >= 4 is 17.3 Å². The van der Waals surface area contributed by atoms with Gasteiger partial charge in [-0.05, 0) is 44.0 Å². The van der Waals surface area contributed by atoms with E-state index in [0.717, 1.165) is 54.4 Å². The summed E-state index contributed by atoms with van der Waals surface area (Å²) in [6.45, 7) is 8.77. The Balaban J connectivity index is 1.55. The molecule has 29 heavy (non-hydrogen) atoms. The molecule has 2 aromatic rings. The molecule has 3 heterocycles. The Morgan fingerprint density at radius 2 is 1.83 bits per heavy atom. The van der Waals surface area contributed by atoms with Crippen LogP contribution in [-0.4, -0.2) is 40.5 Å². The predicted octanol–water partition coefficient (Wildman–Crippen LogP) is 5.39. The van der Waals surface area contributed by atoms with Crippen LogP contribution in [0.2, 0.25) is 5.02 Å². The van der Waals surface area contributed by atoms with Gasteiger partial charge in [-0.2, -0.15) is 5.10 Å². The van der Waals surface area contributed by atoms with Crippen LogP contribution >= 0.6 is 11.6 Å². The van der Waals surface area contributed by atoms with Gasteiger partial charge in [-0.15, -0.1) is 0 Å². The van der Waals surface area contributed by atoms with Crippen molar-refractivity contribution in [3.63, 3.8) is 0 Å². The van der Waals surface area contributed by atoms with E-state index in [-0.39, 0.29) is 11.8 Å². The molecule has 0 aliphatic carbocycles. The highest BCUT2D eigenvalue weighted by atomic mass is 35.5. The maximum absolute atomic E-state index is 6.81. The average molecular weight is 410 g/mol. The van der Waals surface area contributed by atoms with Gasteiger partial charge >= 0.3 is 0 Å². The quantitative estimate of drug-likeness (QED) is 0.665. The van der Waals surface area contributed by atoms with E-state index in [4.69, 9.17) is 21.4 Å². The van der Waals surface area contributed by atoms with Gasteiger partial charge in [0.1, 0.15) is 5.75 Å². The van der Waals surface area contributed by atoms with Crippen molar-refractivity contribution in [2.75, 3.05) is 13.1 Å². The number of nitrogens with zero attached hydrogens (tertiary/aromatic N) is 3. The Kier molecular flexibility index (Phi) is 4.60. The first-order valence-corrected chi connectivity index (χ1v) is 11.0. The first kappa shape index (κ1) is 19.0. The van der Waals surface area contributed by atoms with E-state index < -0.39 is 0 Å². The van der Waals surface area contributed by atoms with Gasteiger partial charge in [0, 0.05) is 49.0 Å². The number of para-hydroxylation sites is 1. The van der Waals surface area contributed by atoms with E-state index >= 15 is 0 Å². The Morgan fingerprint density at radius 1 is 1.10 bits per heavy atom. The van der Waals surface area contributed by atoms with Crippen LogP contribution < -0.4 is 4.74 Å². The normalized spacial score (nSPS) is 23.0. The number of hydrogen-bond donors (Lipinski definition) is 0. The van der Waals surface area contributed by atoms with Gasteiger partial charge in [0.15, 0.2) is 0 Å². The molecule has 0 amide bonds. The number of rotatable bonds is 2. The van der Waals surface area contributed by atoms with E-state index in [1.54, 1.807) is 0 Å². The second kappa shape index (κ2) is 7.03. The van der Waals surface area contributed by atoms with Crippen LogP contribution in [0.4, 0.5) is 0 Å². The second-order valence-electron chi connectivity index (χ2n) is 8.79. The SMILES string of the molecule is Cc1cccc2c1OC1(CCN(C(C)C)CC1)N1N=C(c3ccc(Cl)cc3)CC21. The van der Waals surface area contributed by atoms with Crippen LogP contribution in [0, 0.1) is 6.92 Å². The van der Waals surface area contributed by atoms with Crippen LogP contribution in [0.3, 0.4) is 0 Å². The molecule has 1 fully saturated rings. The Labute approximate surface area is 178 Å². The lowest BCUT2D eigenvalue weighted by Crippen LogP contribution is -2.59. The van der Waals surface area contributed by atoms with Crippen LogP contribution in [-0.2, 0) is 0 Å². The number of halogens is 1. The molecule has 5 heteroatoms. The molecule has 0 N–H and O–H groups in total. The maximum atomic E-state index is 6.81. The Morgan fingerprint density at radius 3 is 2.52 bits per heavy atom. The third-order valence-corrected chi connectivity index (χ3v) is 6.96. The lowest BCUT2D eigenvalue weighted by atomic mass is 9.89. The molecule has 0 saturated carbocycles. The summed E-state index contributed by atoms with van der Waals surface area (Å²) in [7, 11) is 0. The molecule has 5 rings (SSSR count). The summed E-state index contributed by atoms with van der Waals surface area (Å²) >= 11 is 6.11. The molecule has 3 aliphatic heterocycles. The molecule has 1 saturated heterocycles. The summed E-state index contributed by atoms with van der Waals surface area (Å²) in [5.41, 5.74) is 4.38. The highest BCUT2D eigenvalue weighted by Crippen LogP contribution is 2.51. The second-order valence-corrected chi connectivity index (χ2v) is 9.23. The van der Waals surface area contributed by atoms with Crippen molar-refractivity contribution in [1.29, 1.82) is 0 Å². The largest absolute Gasteiger partial charge is 0.466 e. The minimum atomic E-state index is -0.358. The van der Waals surface area contributed by atoms with E-state index in [9.17, 15) is 0 Å². The van der Waals surface area contributed by atoms with Crippen LogP contribution in [0.25, 0.3) is 0 Å². The average Bonchev–Trinajstić information content (AvgIpc) is 3.17. The summed E-state index contributed by atoms with van der Waals surface area (Å²) in [5.74, 6) is 1.07. The zero-order valence-electron chi connectivity index (χ0n) is 17.4. The fraction of sp³-hybridized carbons (Fsp3) is 0.458. The maximum Gasteiger partial charge on any atom is 0.200 e. The van der Waals surface area contributed by atoms with Crippen molar-refractivity contribution in [2.45, 2.75) is 57.8 Å². The van der Waals surface area contributed by atoms with Crippen molar-refractivity contribution in [3.8, 4) is 5.75 Å². The summed E-state index contributed by atoms with van der Waals surface area (Å²) in [6.07, 6.45) is 2.83. The number of likely N-dealkylation sites (tertiary alicyclic amines) is 1. The van der Waals surface area contributed by atoms with E-state index in [1.807, 2.05) is 12.1 Å². The van der Waals surface area contributed by atoms with Gasteiger partial charge in [0.2, 0.25) is 5.72 Å². The molecule has 0 bridgehead atoms. The Bertz CT molecular complexity index is 945. The van der Waals surface area contributed by atoms with E-state index in [1.165, 1.54) is 11.1 Å². The van der Waals surface area contributed by atoms with Gasteiger partial charge in [-0.1, -0.05) is 41.9 Å². The fourth-order valence-electron chi connectivity index (χ4n) is 4.98. The van der Waals surface area contributed by atoms with Crippen molar-refractivity contribution in [1.82, 2.24) is 9.91 Å². The van der Waals surface area contributed by atoms with Gasteiger partial charge in [0.05, 0.1) is 11.8 Å². The van der Waals surface area contributed by atoms with E-state index in [0.29, 0.717) is 6.04 Å². The minimum absolute atomic E-state index is 0.231. The third-order valence-electron chi connectivity index (χ3n) is 6.71. The highest BCUT2D eigenvalue weighted by Gasteiger charge is 2.52. The van der Waals surface area contributed by atoms with Crippen molar-refractivity contribution in [3.05, 3.63) is 64.2 Å². The predicted molar refractivity (Wildman–Crippen MR) is 118 cm³/mol. The highest BCUT2D eigenvalue weighted by molar-refractivity contribution is 6.30. The molecule has 1 spiro atoms. The van der Waals surface area contributed by atoms with Crippen LogP contribution in [0.5, 0.6) is 5.75 Å². The van der Waals surface area contributed by atoms with Crippen LogP contribution in [0.15, 0.2) is 47.6 Å². The molecule has 1 atom stereocenters. The molecule has 2 aromatic carbocycles. The lowest BCUT2D eigenvalue weighted by Gasteiger charge is -2.52. The zero-order valence-corrected chi connectivity index (χ0v) is 18.1. The fourth-order valence-corrected chi connectivity index (χ4v) is 5.11. The van der Waals surface area contributed by atoms with Crippen molar-refractivity contribution < 1.29 is 4.74 Å². The van der Waals surface area contributed by atoms with Gasteiger partial charge in [-0.25, -0.2) is 5.01 Å². The molecular weight excluding hydrogens is 382 g/mol. The monoisotopic (exact) mass is 409 g/mol. The molecule has 152 valence electrons. The first-order valence-electron chi connectivity index (χ1n) is 10.6. The third kappa shape index (κ3) is 3.13. The van der Waals surface area contributed by atoms with Gasteiger partial charge < -0.3 is 9.64 Å². The molecule has 4 nitrogen and oxygen atoms in total. The van der Waals surface area contributed by atoms with Gasteiger partial charge in [-0.3, -0.25) is 0 Å². The summed E-state index contributed by atoms with van der Waals surface area (Å²) in [5, 5.41) is 8.19. The molecule has 1 unspecified atom stereocenters. The van der Waals surface area contributed by atoms with E-state index in [2.05, 4.69) is 61.0 Å².